The van der Waals surface area contributed by atoms with E-state index in [9.17, 15) is 18.3 Å². The quantitative estimate of drug-likeness (QED) is 0.0635. The second kappa shape index (κ2) is 99.1. The summed E-state index contributed by atoms with van der Waals surface area (Å²) >= 11 is 0. The van der Waals surface area contributed by atoms with Crippen LogP contribution in [0.15, 0.2) is 36.4 Å². The van der Waals surface area contributed by atoms with Crippen LogP contribution in [0.25, 0.3) is 61.0 Å². The molecule has 0 saturated heterocycles. The van der Waals surface area contributed by atoms with Crippen LogP contribution in [-0.4, -0.2) is 144 Å². The Bertz CT molecular complexity index is 2110. The van der Waals surface area contributed by atoms with Crippen molar-refractivity contribution in [1.82, 2.24) is 0 Å². The van der Waals surface area contributed by atoms with Crippen LogP contribution in [0.5, 0.6) is 0 Å². The Kier molecular flexibility index (Phi) is 153. The molecule has 1 aromatic carbocycles. The zero-order valence-corrected chi connectivity index (χ0v) is 85.0. The number of hydrogen-bond acceptors (Lipinski definition) is 28. The minimum Gasteiger partial charge on any atom is -0.634 e. The SMILES string of the molecule is CC(C)[N-]P(=O)([N-]C(C)C)[N-]C(C)C.CC(C)[N-]P(=O)([N-]C(C)C)[N-]C(C)C.CC(C)[N-]P(=O)([N-]C(C)C)[N-]C(C)C.CC(C)[N-]P(=O)([N-]C(C)C)[N-]C(C)C.O=C([O-])C(=O)[O-].O=C([O-])C(=O)[O-].O=C([O-])C(=O)[O-].O=C([O-])C(=O)[O-].O=C([O-])C(=O)[O-].O=C([O-])C(=O)[O-].[Pd+2].[Pd+2].[Pd+2].[Pd+2].[Pd+2].[Pd+2].[Pd+2].[Pd+2].[Pd+2].[Pd+2].[Pd+2].[Pd+2].c1ccccc1. The summed E-state index contributed by atoms with van der Waals surface area (Å²) in [6, 6.07) is 12.1. The van der Waals surface area contributed by atoms with Gasteiger partial charge in [0.2, 0.25) is 0 Å². The number of benzene rings is 1. The molecule has 0 fully saturated rings. The maximum Gasteiger partial charge on any atom is 2.00 e. The first-order valence-electron chi connectivity index (χ1n) is 28.5. The van der Waals surface area contributed by atoms with Crippen LogP contribution < -0.4 is 61.3 Å². The second-order valence-electron chi connectivity index (χ2n) is 21.2. The smallest absolute Gasteiger partial charge is 0.634 e. The predicted molar refractivity (Wildman–Crippen MR) is 339 cm³/mol. The monoisotopic (exact) mass is 2750 g/mol. The van der Waals surface area contributed by atoms with E-state index in [-0.39, 0.29) is 318 Å². The van der Waals surface area contributed by atoms with E-state index in [4.69, 9.17) is 119 Å². The third-order valence-electron chi connectivity index (χ3n) is 6.24. The number of carboxylic acid groups (broad SMARTS) is 12. The van der Waals surface area contributed by atoms with Gasteiger partial charge in [0.25, 0.3) is 0 Å². The van der Waals surface area contributed by atoms with Crippen molar-refractivity contribution in [2.75, 3.05) is 0 Å². The molecule has 110 heavy (non-hydrogen) atoms. The fraction of sp³-hybridized carbons (Fsp3) is 0.667. The van der Waals surface area contributed by atoms with Crippen LogP contribution in [0.2, 0.25) is 0 Å². The topological polar surface area (TPSA) is 719 Å². The Balaban J connectivity index is -0.0000000391. The molecule has 0 radical (unpaired) electrons. The van der Waals surface area contributed by atoms with Crippen LogP contribution in [0, 0.1) is 0 Å². The molecule has 0 saturated carbocycles. The average Bonchev–Trinajstić information content (AvgIpc) is 0.897. The molecule has 0 aliphatic heterocycles. The Morgan fingerprint density at radius 3 is 0.236 bits per heavy atom. The van der Waals surface area contributed by atoms with Gasteiger partial charge in [-0.25, -0.2) is 30.4 Å². The molecule has 0 bridgehead atoms. The van der Waals surface area contributed by atoms with E-state index < -0.39 is 102 Å². The maximum absolute atomic E-state index is 12.1. The van der Waals surface area contributed by atoms with Gasteiger partial charge in [-0.15, -0.1) is 72.5 Å². The van der Waals surface area contributed by atoms with Crippen molar-refractivity contribution in [3.63, 3.8) is 0 Å². The molecule has 56 heteroatoms. The summed E-state index contributed by atoms with van der Waals surface area (Å²) in [5, 5.41) is 156. The van der Waals surface area contributed by atoms with Gasteiger partial charge in [0.15, 0.2) is 0 Å². The van der Waals surface area contributed by atoms with Crippen LogP contribution in [0.3, 0.4) is 0 Å². The van der Waals surface area contributed by atoms with Crippen LogP contribution in [0.1, 0.15) is 166 Å². The van der Waals surface area contributed by atoms with Gasteiger partial charge in [0.1, 0.15) is 0 Å². The molecule has 0 heterocycles. The van der Waals surface area contributed by atoms with Gasteiger partial charge in [-0.05, 0) is 0 Å². The van der Waals surface area contributed by atoms with Crippen molar-refractivity contribution in [2.45, 2.75) is 239 Å². The summed E-state index contributed by atoms with van der Waals surface area (Å²) < 4.78 is 48.6. The number of rotatable bonds is 24. The molecule has 1 rings (SSSR count). The summed E-state index contributed by atoms with van der Waals surface area (Å²) in [5.74, 6) is -26.2. The normalized spacial score (nSPS) is 9.56. The minimum atomic E-state index is -3.01. The maximum atomic E-state index is 12.1. The van der Waals surface area contributed by atoms with Crippen molar-refractivity contribution in [3.8, 4) is 0 Å². The molecule has 1 aromatic rings. The van der Waals surface area contributed by atoms with E-state index in [0.29, 0.717) is 0 Å². The molecule has 0 spiro atoms. The zero-order valence-electron chi connectivity index (χ0n) is 62.8. The predicted octanol–water partition coefficient (Wildman–Crippen LogP) is -1.66. The van der Waals surface area contributed by atoms with E-state index in [1.54, 1.807) is 0 Å². The Morgan fingerprint density at radius 2 is 0.209 bits per heavy atom. The van der Waals surface area contributed by atoms with Crippen LogP contribution >= 0.6 is 30.4 Å². The summed E-state index contributed by atoms with van der Waals surface area (Å²) in [7, 11) is -12.1. The first kappa shape index (κ1) is 170. The fourth-order valence-corrected chi connectivity index (χ4v) is 12.3. The van der Waals surface area contributed by atoms with Crippen molar-refractivity contribution < 1.29 is 382 Å². The van der Waals surface area contributed by atoms with Gasteiger partial charge in [-0.2, -0.15) is 0 Å². The van der Waals surface area contributed by atoms with Crippen molar-refractivity contribution in [3.05, 3.63) is 97.4 Å². The summed E-state index contributed by atoms with van der Waals surface area (Å²) in [6.45, 7) is 45.3. The summed E-state index contributed by atoms with van der Waals surface area (Å²) in [5.41, 5.74) is 0. The summed E-state index contributed by atoms with van der Waals surface area (Å²) in [6.07, 6.45) is 0. The first-order valence-corrected chi connectivity index (χ1v) is 34.7. The molecular formula is C54H90N12O28P4Pd12. The first-order chi connectivity index (χ1) is 43.9. The van der Waals surface area contributed by atoms with Gasteiger partial charge in [0, 0.05) is 0 Å². The standard InChI is InChI=1S/4C9H21N3OP.C6H6.6C2H2O4.12Pd/c4*1-7(2)10-14(13,11-8(3)4)12-9(5)6;1-2-4-6-5-3-1;6*3-1(4)2(5)6;;;;;;;;;;;;/h4*7-9H,1-6H3;1-6H;6*(H,3,4)(H,5,6);;;;;;;;;;;;/q4*-3;;;;;;;;12*+2/p-12. The minimum absolute atomic E-state index is 0. The largest absolute Gasteiger partial charge is 2.00 e. The van der Waals surface area contributed by atoms with Gasteiger partial charge >= 0.3 is 245 Å². The number of aliphatic carboxylic acids is 12. The Labute approximate surface area is 810 Å². The molecule has 0 aromatic heterocycles. The van der Waals surface area contributed by atoms with Crippen molar-refractivity contribution in [1.29, 1.82) is 0 Å². The number of nitrogens with zero attached hydrogens (tertiary/aromatic N) is 12. The number of hydrogen-bond donors (Lipinski definition) is 0. The summed E-state index contributed by atoms with van der Waals surface area (Å²) in [4.78, 5) is 107. The fourth-order valence-electron chi connectivity index (χ4n) is 4.35. The van der Waals surface area contributed by atoms with Gasteiger partial charge < -0.3 is 198 Å². The van der Waals surface area contributed by atoms with Crippen LogP contribution in [0.4, 0.5) is 0 Å². The Hall–Kier alpha value is 1.25. The Morgan fingerprint density at radius 1 is 0.164 bits per heavy atom. The number of carbonyl (C=O) groups is 12. The molecule has 0 N–H and O–H groups in total. The van der Waals surface area contributed by atoms with Gasteiger partial charge in [0.05, 0.1) is 71.6 Å². The molecule has 40 nitrogen and oxygen atoms in total. The molecular weight excluding hydrogens is 2670 g/mol. The molecule has 0 atom stereocenters. The van der Waals surface area contributed by atoms with Crippen molar-refractivity contribution in [2.24, 2.45) is 0 Å². The van der Waals surface area contributed by atoms with Gasteiger partial charge in [-0.1, -0.05) is 203 Å². The third kappa shape index (κ3) is 154. The molecule has 0 unspecified atom stereocenters. The third-order valence-corrected chi connectivity index (χ3v) is 15.4. The van der Waals surface area contributed by atoms with Crippen molar-refractivity contribution >= 4 is 102 Å². The zero-order chi connectivity index (χ0) is 80.6. The van der Waals surface area contributed by atoms with E-state index in [2.05, 4.69) is 61.0 Å². The van der Waals surface area contributed by atoms with E-state index in [1.807, 2.05) is 203 Å². The van der Waals surface area contributed by atoms with E-state index >= 15 is 0 Å². The van der Waals surface area contributed by atoms with Gasteiger partial charge in [-0.3, -0.25) is 0 Å². The van der Waals surface area contributed by atoms with Crippen LogP contribution in [-0.2, 0) is 321 Å². The van der Waals surface area contributed by atoms with E-state index in [0.717, 1.165) is 0 Å². The molecule has 0 amide bonds. The number of carbonyl (C=O) groups excluding carboxylic acids is 12. The van der Waals surface area contributed by atoms with E-state index in [1.165, 1.54) is 0 Å². The number of carboxylic acids is 12. The average molecular weight is 2760 g/mol. The molecule has 0 aliphatic carbocycles. The second-order valence-corrected chi connectivity index (χ2v) is 28.0. The molecule has 0 aliphatic rings. The molecule has 674 valence electrons.